The summed E-state index contributed by atoms with van der Waals surface area (Å²) in [5.74, 6) is -0.761. The number of amides is 2. The number of carbonyl (C=O) groups is 2. The molecule has 0 saturated carbocycles. The van der Waals surface area contributed by atoms with Gasteiger partial charge in [-0.15, -0.1) is 0 Å². The summed E-state index contributed by atoms with van der Waals surface area (Å²) >= 11 is 6.02. The summed E-state index contributed by atoms with van der Waals surface area (Å²) in [4.78, 5) is 23.7. The smallest absolute Gasteiger partial charge is 0.272 e. The van der Waals surface area contributed by atoms with Gasteiger partial charge in [0.15, 0.2) is 0 Å². The van der Waals surface area contributed by atoms with Crippen molar-refractivity contribution in [3.8, 4) is 0 Å². The molecule has 0 unspecified atom stereocenters. The number of para-hydroxylation sites is 1. The molecule has 0 aliphatic rings. The van der Waals surface area contributed by atoms with E-state index in [9.17, 15) is 9.59 Å². The summed E-state index contributed by atoms with van der Waals surface area (Å²) in [6.07, 6.45) is 1.60. The van der Waals surface area contributed by atoms with Gasteiger partial charge in [0.25, 0.3) is 5.91 Å². The Bertz CT molecular complexity index is 712. The second-order valence-corrected chi connectivity index (χ2v) is 4.99. The lowest BCUT2D eigenvalue weighted by molar-refractivity contribution is -0.120. The van der Waals surface area contributed by atoms with E-state index >= 15 is 0 Å². The van der Waals surface area contributed by atoms with Crippen LogP contribution in [0.25, 0.3) is 6.08 Å². The number of anilines is 1. The van der Waals surface area contributed by atoms with Gasteiger partial charge in [0.05, 0.1) is 10.7 Å². The van der Waals surface area contributed by atoms with E-state index in [1.54, 1.807) is 30.3 Å². The third-order valence-corrected chi connectivity index (χ3v) is 3.12. The number of benzene rings is 2. The molecule has 2 amide bonds. The van der Waals surface area contributed by atoms with Gasteiger partial charge in [-0.05, 0) is 23.8 Å². The Kier molecular flexibility index (Phi) is 5.33. The minimum absolute atomic E-state index is 0.151. The van der Waals surface area contributed by atoms with Gasteiger partial charge in [-0.2, -0.15) is 0 Å². The van der Waals surface area contributed by atoms with Crippen LogP contribution in [-0.4, -0.2) is 11.8 Å². The van der Waals surface area contributed by atoms with Crippen molar-refractivity contribution in [2.75, 3.05) is 5.32 Å². The molecular weight excluding hydrogens is 300 g/mol. The lowest BCUT2D eigenvalue weighted by Crippen LogP contribution is -2.29. The molecule has 0 aromatic heterocycles. The number of nitrogens with one attached hydrogen (secondary N) is 2. The number of hydrogen-bond donors (Lipinski definition) is 2. The molecule has 4 nitrogen and oxygen atoms in total. The largest absolute Gasteiger partial charge is 0.322 e. The lowest BCUT2D eigenvalue weighted by Gasteiger charge is -2.10. The van der Waals surface area contributed by atoms with Crippen LogP contribution in [0.1, 0.15) is 12.5 Å². The van der Waals surface area contributed by atoms with Gasteiger partial charge in [-0.1, -0.05) is 54.1 Å². The van der Waals surface area contributed by atoms with Crippen LogP contribution >= 0.6 is 11.6 Å². The Balaban J connectivity index is 2.26. The van der Waals surface area contributed by atoms with Crippen molar-refractivity contribution >= 4 is 35.2 Å². The highest BCUT2D eigenvalue weighted by Crippen LogP contribution is 2.21. The summed E-state index contributed by atoms with van der Waals surface area (Å²) in [5.41, 5.74) is 1.44. The van der Waals surface area contributed by atoms with Crippen molar-refractivity contribution in [1.82, 2.24) is 5.32 Å². The number of rotatable bonds is 4. The summed E-state index contributed by atoms with van der Waals surface area (Å²) < 4.78 is 0. The molecule has 2 rings (SSSR count). The molecule has 0 bridgehead atoms. The average molecular weight is 315 g/mol. The molecule has 5 heteroatoms. The molecule has 0 radical (unpaired) electrons. The van der Waals surface area contributed by atoms with Crippen molar-refractivity contribution in [2.45, 2.75) is 6.92 Å². The second kappa shape index (κ2) is 7.43. The highest BCUT2D eigenvalue weighted by atomic mass is 35.5. The molecule has 2 N–H and O–H groups in total. The maximum Gasteiger partial charge on any atom is 0.272 e. The van der Waals surface area contributed by atoms with Gasteiger partial charge >= 0.3 is 0 Å². The summed E-state index contributed by atoms with van der Waals surface area (Å²) in [6, 6.07) is 16.2. The van der Waals surface area contributed by atoms with E-state index in [-0.39, 0.29) is 11.6 Å². The van der Waals surface area contributed by atoms with Crippen LogP contribution in [0, 0.1) is 0 Å². The van der Waals surface area contributed by atoms with Gasteiger partial charge in [-0.25, -0.2) is 0 Å². The van der Waals surface area contributed by atoms with Gasteiger partial charge in [0.1, 0.15) is 5.70 Å². The number of halogens is 1. The monoisotopic (exact) mass is 314 g/mol. The van der Waals surface area contributed by atoms with E-state index in [4.69, 9.17) is 11.6 Å². The third-order valence-electron chi connectivity index (χ3n) is 2.79. The Hall–Kier alpha value is -2.59. The van der Waals surface area contributed by atoms with Crippen LogP contribution in [0.15, 0.2) is 60.3 Å². The second-order valence-electron chi connectivity index (χ2n) is 4.58. The lowest BCUT2D eigenvalue weighted by atomic mass is 10.2. The fourth-order valence-corrected chi connectivity index (χ4v) is 2.00. The van der Waals surface area contributed by atoms with Gasteiger partial charge in [0, 0.05) is 6.92 Å². The van der Waals surface area contributed by atoms with E-state index in [0.717, 1.165) is 5.56 Å². The molecule has 0 aliphatic heterocycles. The predicted octanol–water partition coefficient (Wildman–Crippen LogP) is 3.46. The first-order valence-electron chi connectivity index (χ1n) is 6.66. The van der Waals surface area contributed by atoms with Crippen molar-refractivity contribution < 1.29 is 9.59 Å². The average Bonchev–Trinajstić information content (AvgIpc) is 2.49. The molecule has 0 spiro atoms. The van der Waals surface area contributed by atoms with Gasteiger partial charge < -0.3 is 10.6 Å². The molecule has 2 aromatic rings. The Labute approximate surface area is 133 Å². The minimum atomic E-state index is -0.438. The quantitative estimate of drug-likeness (QED) is 0.849. The number of hydrogen-bond acceptors (Lipinski definition) is 2. The van der Waals surface area contributed by atoms with Crippen molar-refractivity contribution in [3.05, 3.63) is 70.9 Å². The molecule has 0 aliphatic carbocycles. The fraction of sp³-hybridized carbons (Fsp3) is 0.0588. The zero-order valence-electron chi connectivity index (χ0n) is 12.0. The van der Waals surface area contributed by atoms with E-state index < -0.39 is 5.91 Å². The predicted molar refractivity (Wildman–Crippen MR) is 88.3 cm³/mol. The minimum Gasteiger partial charge on any atom is -0.322 e. The molecule has 112 valence electrons. The van der Waals surface area contributed by atoms with Crippen molar-refractivity contribution in [3.63, 3.8) is 0 Å². The van der Waals surface area contributed by atoms with Crippen LogP contribution in [0.5, 0.6) is 0 Å². The first-order valence-corrected chi connectivity index (χ1v) is 7.04. The topological polar surface area (TPSA) is 58.2 Å². The van der Waals surface area contributed by atoms with E-state index in [2.05, 4.69) is 10.6 Å². The molecule has 0 atom stereocenters. The molecule has 22 heavy (non-hydrogen) atoms. The maximum atomic E-state index is 12.4. The highest BCUT2D eigenvalue weighted by Gasteiger charge is 2.12. The van der Waals surface area contributed by atoms with Crippen LogP contribution in [0.3, 0.4) is 0 Å². The standard InChI is InChI=1S/C17H15ClN2O2/c1-12(21)19-16(11-13-7-3-2-4-8-13)17(22)20-15-10-6-5-9-14(15)18/h2-11H,1H3,(H,19,21)(H,20,22). The van der Waals surface area contributed by atoms with Crippen molar-refractivity contribution in [2.24, 2.45) is 0 Å². The number of carbonyl (C=O) groups excluding carboxylic acids is 2. The Morgan fingerprint density at radius 3 is 2.27 bits per heavy atom. The summed E-state index contributed by atoms with van der Waals surface area (Å²) in [7, 11) is 0. The molecule has 0 heterocycles. The fourth-order valence-electron chi connectivity index (χ4n) is 1.82. The molecule has 0 fully saturated rings. The Morgan fingerprint density at radius 1 is 1.00 bits per heavy atom. The van der Waals surface area contributed by atoms with Crippen molar-refractivity contribution in [1.29, 1.82) is 0 Å². The highest BCUT2D eigenvalue weighted by molar-refractivity contribution is 6.34. The zero-order chi connectivity index (χ0) is 15.9. The summed E-state index contributed by atoms with van der Waals surface area (Å²) in [6.45, 7) is 1.35. The van der Waals surface area contributed by atoms with E-state index in [1.807, 2.05) is 30.3 Å². The van der Waals surface area contributed by atoms with Gasteiger partial charge in [-0.3, -0.25) is 9.59 Å². The first kappa shape index (κ1) is 15.8. The van der Waals surface area contributed by atoms with E-state index in [0.29, 0.717) is 10.7 Å². The Morgan fingerprint density at radius 2 is 1.64 bits per heavy atom. The SMILES string of the molecule is CC(=O)NC(=Cc1ccccc1)C(=O)Nc1ccccc1Cl. The molecule has 2 aromatic carbocycles. The zero-order valence-corrected chi connectivity index (χ0v) is 12.7. The third kappa shape index (κ3) is 4.46. The van der Waals surface area contributed by atoms with E-state index in [1.165, 1.54) is 6.92 Å². The van der Waals surface area contributed by atoms with Crippen LogP contribution in [0.4, 0.5) is 5.69 Å². The molecule has 0 saturated heterocycles. The van der Waals surface area contributed by atoms with Crippen LogP contribution in [0.2, 0.25) is 5.02 Å². The molecular formula is C17H15ClN2O2. The first-order chi connectivity index (χ1) is 10.6. The maximum absolute atomic E-state index is 12.4. The van der Waals surface area contributed by atoms with Gasteiger partial charge in [0.2, 0.25) is 5.91 Å². The van der Waals surface area contributed by atoms with Crippen LogP contribution in [-0.2, 0) is 9.59 Å². The van der Waals surface area contributed by atoms with Crippen LogP contribution < -0.4 is 10.6 Å². The summed E-state index contributed by atoms with van der Waals surface area (Å²) in [5, 5.41) is 5.65. The normalized spacial score (nSPS) is 10.9.